The number of carbonyl (C=O) groups is 2. The van der Waals surface area contributed by atoms with E-state index in [2.05, 4.69) is 10.3 Å². The first-order valence-corrected chi connectivity index (χ1v) is 7.05. The van der Waals surface area contributed by atoms with Crippen LogP contribution in [0.25, 0.3) is 10.8 Å². The average molecular weight is 306 g/mol. The van der Waals surface area contributed by atoms with Gasteiger partial charge >= 0.3 is 0 Å². The topological polar surface area (TPSA) is 68.3 Å². The molecular formula is C18H14N2O3. The number of amides is 1. The molecule has 0 aliphatic rings. The van der Waals surface area contributed by atoms with Crippen LogP contribution in [0.1, 0.15) is 20.8 Å². The van der Waals surface area contributed by atoms with Crippen LogP contribution >= 0.6 is 0 Å². The maximum atomic E-state index is 11.6. The highest BCUT2D eigenvalue weighted by molar-refractivity contribution is 5.98. The zero-order valence-electron chi connectivity index (χ0n) is 12.4. The molecule has 0 bridgehead atoms. The number of ether oxygens (including phenoxy) is 1. The second-order valence-corrected chi connectivity index (χ2v) is 4.91. The van der Waals surface area contributed by atoms with Crippen molar-refractivity contribution in [3.05, 3.63) is 66.0 Å². The number of hydrogen-bond acceptors (Lipinski definition) is 4. The van der Waals surface area contributed by atoms with E-state index in [9.17, 15) is 9.59 Å². The largest absolute Gasteiger partial charge is 0.457 e. The zero-order valence-corrected chi connectivity index (χ0v) is 12.4. The quantitative estimate of drug-likeness (QED) is 0.752. The molecular weight excluding hydrogens is 292 g/mol. The van der Waals surface area contributed by atoms with Crippen molar-refractivity contribution < 1.29 is 14.3 Å². The van der Waals surface area contributed by atoms with Crippen molar-refractivity contribution in [1.82, 2.24) is 10.3 Å². The number of aromatic nitrogens is 1. The van der Waals surface area contributed by atoms with Gasteiger partial charge < -0.3 is 10.1 Å². The molecule has 5 heteroatoms. The SMILES string of the molecule is CNC(=O)c1cc(Oc2ccc3c(C=O)cccc3c2)ccn1. The Morgan fingerprint density at radius 2 is 1.96 bits per heavy atom. The monoisotopic (exact) mass is 306 g/mol. The van der Waals surface area contributed by atoms with Crippen LogP contribution < -0.4 is 10.1 Å². The minimum absolute atomic E-state index is 0.274. The Labute approximate surface area is 132 Å². The van der Waals surface area contributed by atoms with E-state index in [4.69, 9.17) is 4.74 Å². The number of nitrogens with one attached hydrogen (secondary N) is 1. The van der Waals surface area contributed by atoms with Crippen LogP contribution in [0.4, 0.5) is 0 Å². The Morgan fingerprint density at radius 1 is 1.13 bits per heavy atom. The van der Waals surface area contributed by atoms with Crippen molar-refractivity contribution in [3.8, 4) is 11.5 Å². The number of nitrogens with zero attached hydrogens (tertiary/aromatic N) is 1. The highest BCUT2D eigenvalue weighted by Gasteiger charge is 2.07. The van der Waals surface area contributed by atoms with E-state index in [1.165, 1.54) is 6.20 Å². The van der Waals surface area contributed by atoms with E-state index in [-0.39, 0.29) is 11.6 Å². The molecule has 1 aromatic heterocycles. The van der Waals surface area contributed by atoms with E-state index in [0.717, 1.165) is 17.1 Å². The Bertz CT molecular complexity index is 890. The third kappa shape index (κ3) is 3.03. The van der Waals surface area contributed by atoms with Crippen LogP contribution in [0, 0.1) is 0 Å². The van der Waals surface area contributed by atoms with Crippen LogP contribution in [0.15, 0.2) is 54.7 Å². The molecule has 0 aliphatic carbocycles. The first kappa shape index (κ1) is 14.7. The van der Waals surface area contributed by atoms with Crippen LogP contribution in [0.3, 0.4) is 0 Å². The molecule has 0 saturated heterocycles. The lowest BCUT2D eigenvalue weighted by Gasteiger charge is -2.08. The van der Waals surface area contributed by atoms with Crippen LogP contribution in [-0.2, 0) is 0 Å². The van der Waals surface area contributed by atoms with Gasteiger partial charge in [0.1, 0.15) is 17.2 Å². The lowest BCUT2D eigenvalue weighted by Crippen LogP contribution is -2.18. The summed E-state index contributed by atoms with van der Waals surface area (Å²) in [5, 5.41) is 4.30. The molecule has 0 aliphatic heterocycles. The van der Waals surface area contributed by atoms with Crippen molar-refractivity contribution in [2.45, 2.75) is 0 Å². The Hall–Kier alpha value is -3.21. The average Bonchev–Trinajstić information content (AvgIpc) is 2.60. The molecule has 0 saturated carbocycles. The maximum absolute atomic E-state index is 11.6. The third-order valence-corrected chi connectivity index (χ3v) is 3.44. The fourth-order valence-corrected chi connectivity index (χ4v) is 2.32. The van der Waals surface area contributed by atoms with Gasteiger partial charge in [0.25, 0.3) is 5.91 Å². The molecule has 0 spiro atoms. The van der Waals surface area contributed by atoms with Gasteiger partial charge in [-0.05, 0) is 35.0 Å². The summed E-state index contributed by atoms with van der Waals surface area (Å²) in [6.45, 7) is 0. The maximum Gasteiger partial charge on any atom is 0.269 e. The normalized spacial score (nSPS) is 10.3. The molecule has 1 N–H and O–H groups in total. The first-order valence-electron chi connectivity index (χ1n) is 7.05. The van der Waals surface area contributed by atoms with E-state index in [1.54, 1.807) is 31.3 Å². The summed E-state index contributed by atoms with van der Waals surface area (Å²) in [6, 6.07) is 14.2. The van der Waals surface area contributed by atoms with Crippen LogP contribution in [-0.4, -0.2) is 24.2 Å². The van der Waals surface area contributed by atoms with Crippen LogP contribution in [0.2, 0.25) is 0 Å². The Kier molecular flexibility index (Phi) is 4.01. The van der Waals surface area contributed by atoms with Crippen molar-refractivity contribution in [1.29, 1.82) is 0 Å². The summed E-state index contributed by atoms with van der Waals surface area (Å²) >= 11 is 0. The number of carbonyl (C=O) groups excluding carboxylic acids is 2. The minimum atomic E-state index is -0.274. The minimum Gasteiger partial charge on any atom is -0.457 e. The smallest absolute Gasteiger partial charge is 0.269 e. The molecule has 0 radical (unpaired) electrons. The van der Waals surface area contributed by atoms with Gasteiger partial charge in [-0.25, -0.2) is 0 Å². The molecule has 5 nitrogen and oxygen atoms in total. The molecule has 114 valence electrons. The zero-order chi connectivity index (χ0) is 16.2. The summed E-state index contributed by atoms with van der Waals surface area (Å²) in [4.78, 5) is 26.6. The second-order valence-electron chi connectivity index (χ2n) is 4.91. The predicted molar refractivity (Wildman–Crippen MR) is 87.0 cm³/mol. The molecule has 0 fully saturated rings. The molecule has 1 amide bonds. The fourth-order valence-electron chi connectivity index (χ4n) is 2.32. The summed E-state index contributed by atoms with van der Waals surface area (Å²) in [6.07, 6.45) is 2.35. The predicted octanol–water partition coefficient (Wildman–Crippen LogP) is 3.20. The number of benzene rings is 2. The number of hydrogen-bond donors (Lipinski definition) is 1. The van der Waals surface area contributed by atoms with Crippen molar-refractivity contribution in [3.63, 3.8) is 0 Å². The molecule has 1 heterocycles. The Morgan fingerprint density at radius 3 is 2.74 bits per heavy atom. The van der Waals surface area contributed by atoms with Gasteiger partial charge in [0, 0.05) is 24.9 Å². The van der Waals surface area contributed by atoms with Crippen molar-refractivity contribution >= 4 is 23.0 Å². The first-order chi connectivity index (χ1) is 11.2. The summed E-state index contributed by atoms with van der Waals surface area (Å²) in [5.74, 6) is 0.865. The lowest BCUT2D eigenvalue weighted by molar-refractivity contribution is 0.0957. The third-order valence-electron chi connectivity index (χ3n) is 3.44. The molecule has 3 rings (SSSR count). The van der Waals surface area contributed by atoms with Gasteiger partial charge in [-0.1, -0.05) is 18.2 Å². The van der Waals surface area contributed by atoms with E-state index >= 15 is 0 Å². The van der Waals surface area contributed by atoms with Gasteiger partial charge in [0.05, 0.1) is 0 Å². The molecule has 0 atom stereocenters. The standard InChI is InChI=1S/C18H14N2O3/c1-19-18(22)17-10-15(7-8-20-17)23-14-5-6-16-12(9-14)3-2-4-13(16)11-21/h2-11H,1H3,(H,19,22). The molecule has 23 heavy (non-hydrogen) atoms. The number of rotatable bonds is 4. The molecule has 0 unspecified atom stereocenters. The summed E-state index contributed by atoms with van der Waals surface area (Å²) in [5.41, 5.74) is 0.925. The second kappa shape index (κ2) is 6.27. The van der Waals surface area contributed by atoms with Gasteiger partial charge in [-0.3, -0.25) is 14.6 Å². The fraction of sp³-hybridized carbons (Fsp3) is 0.0556. The summed E-state index contributed by atoms with van der Waals surface area (Å²) in [7, 11) is 1.55. The van der Waals surface area contributed by atoms with Gasteiger partial charge in [-0.15, -0.1) is 0 Å². The Balaban J connectivity index is 1.93. The summed E-state index contributed by atoms with van der Waals surface area (Å²) < 4.78 is 5.79. The van der Waals surface area contributed by atoms with Crippen LogP contribution in [0.5, 0.6) is 11.5 Å². The number of aldehydes is 1. The van der Waals surface area contributed by atoms with E-state index in [1.807, 2.05) is 24.3 Å². The molecule has 2 aromatic carbocycles. The number of fused-ring (bicyclic) bond motifs is 1. The molecule has 3 aromatic rings. The lowest BCUT2D eigenvalue weighted by atomic mass is 10.1. The highest BCUT2D eigenvalue weighted by atomic mass is 16.5. The van der Waals surface area contributed by atoms with E-state index < -0.39 is 0 Å². The highest BCUT2D eigenvalue weighted by Crippen LogP contribution is 2.27. The van der Waals surface area contributed by atoms with Crippen molar-refractivity contribution in [2.24, 2.45) is 0 Å². The van der Waals surface area contributed by atoms with Crippen molar-refractivity contribution in [2.75, 3.05) is 7.05 Å². The van der Waals surface area contributed by atoms with Gasteiger partial charge in [0.2, 0.25) is 0 Å². The van der Waals surface area contributed by atoms with E-state index in [0.29, 0.717) is 17.1 Å². The van der Waals surface area contributed by atoms with Gasteiger partial charge in [0.15, 0.2) is 6.29 Å². The van der Waals surface area contributed by atoms with Gasteiger partial charge in [-0.2, -0.15) is 0 Å². The number of pyridine rings is 1.